The van der Waals surface area contributed by atoms with Gasteiger partial charge in [-0.15, -0.1) is 0 Å². The number of carbonyl (C=O) groups is 1. The van der Waals surface area contributed by atoms with Crippen molar-refractivity contribution in [3.05, 3.63) is 52.5 Å². The molecule has 1 amide bonds. The van der Waals surface area contributed by atoms with Crippen LogP contribution in [0, 0.1) is 5.41 Å². The first-order chi connectivity index (χ1) is 12.0. The molecule has 0 radical (unpaired) electrons. The molecule has 0 aromatic heterocycles. The zero-order valence-electron chi connectivity index (χ0n) is 14.0. The van der Waals surface area contributed by atoms with Gasteiger partial charge in [-0.3, -0.25) is 0 Å². The molecule has 4 nitrogen and oxygen atoms in total. The number of ether oxygens (including phenoxy) is 1. The van der Waals surface area contributed by atoms with Crippen molar-refractivity contribution >= 4 is 17.7 Å². The average molecular weight is 358 g/mol. The molecule has 4 rings (SSSR count). The zero-order valence-corrected chi connectivity index (χ0v) is 14.8. The van der Waals surface area contributed by atoms with E-state index in [0.717, 1.165) is 42.4 Å². The third kappa shape index (κ3) is 2.85. The highest BCUT2D eigenvalue weighted by Crippen LogP contribution is 2.61. The predicted molar refractivity (Wildman–Crippen MR) is 97.3 cm³/mol. The van der Waals surface area contributed by atoms with E-state index in [0.29, 0.717) is 10.8 Å². The van der Waals surface area contributed by atoms with Crippen LogP contribution in [0.25, 0.3) is 11.1 Å². The molecule has 0 bridgehead atoms. The number of rotatable bonds is 3. The van der Waals surface area contributed by atoms with Crippen LogP contribution >= 0.6 is 11.6 Å². The van der Waals surface area contributed by atoms with Crippen molar-refractivity contribution in [1.82, 2.24) is 5.32 Å². The van der Waals surface area contributed by atoms with Crippen LogP contribution in [0.2, 0.25) is 5.02 Å². The van der Waals surface area contributed by atoms with Crippen LogP contribution in [-0.4, -0.2) is 18.3 Å². The molecule has 5 heteroatoms. The van der Waals surface area contributed by atoms with Gasteiger partial charge in [0.15, 0.2) is 0 Å². The third-order valence-corrected chi connectivity index (χ3v) is 5.92. The SMILES string of the molecule is COc1cc(-c2ccc3c(c2)CCC2(CC2)C3NC(=O)O)ccc1Cl. The number of benzene rings is 2. The van der Waals surface area contributed by atoms with Gasteiger partial charge in [-0.1, -0.05) is 35.9 Å². The maximum Gasteiger partial charge on any atom is 0.405 e. The lowest BCUT2D eigenvalue weighted by Crippen LogP contribution is -2.36. The molecular weight excluding hydrogens is 338 g/mol. The van der Waals surface area contributed by atoms with Crippen molar-refractivity contribution in [1.29, 1.82) is 0 Å². The molecule has 1 spiro atoms. The molecule has 1 atom stereocenters. The van der Waals surface area contributed by atoms with Gasteiger partial charge < -0.3 is 15.2 Å². The minimum absolute atomic E-state index is 0.0949. The van der Waals surface area contributed by atoms with Crippen LogP contribution in [0.15, 0.2) is 36.4 Å². The van der Waals surface area contributed by atoms with E-state index in [2.05, 4.69) is 23.5 Å². The van der Waals surface area contributed by atoms with Gasteiger partial charge in [0, 0.05) is 0 Å². The molecule has 2 aliphatic rings. The normalized spacial score (nSPS) is 20.0. The second-order valence-electron chi connectivity index (χ2n) is 7.01. The first-order valence-corrected chi connectivity index (χ1v) is 8.86. The largest absolute Gasteiger partial charge is 0.495 e. The number of fused-ring (bicyclic) bond motifs is 1. The minimum Gasteiger partial charge on any atom is -0.495 e. The Kier molecular flexibility index (Phi) is 3.88. The van der Waals surface area contributed by atoms with Crippen molar-refractivity contribution in [3.63, 3.8) is 0 Å². The summed E-state index contributed by atoms with van der Waals surface area (Å²) in [6, 6.07) is 12.0. The highest BCUT2D eigenvalue weighted by molar-refractivity contribution is 6.32. The summed E-state index contributed by atoms with van der Waals surface area (Å²) >= 11 is 6.12. The lowest BCUT2D eigenvalue weighted by molar-refractivity contribution is 0.178. The number of amides is 1. The molecule has 25 heavy (non-hydrogen) atoms. The van der Waals surface area contributed by atoms with Gasteiger partial charge >= 0.3 is 6.09 Å². The Bertz CT molecular complexity index is 845. The van der Waals surface area contributed by atoms with Crippen LogP contribution in [0.5, 0.6) is 5.75 Å². The van der Waals surface area contributed by atoms with Crippen molar-refractivity contribution < 1.29 is 14.6 Å². The van der Waals surface area contributed by atoms with Crippen LogP contribution in [0.3, 0.4) is 0 Å². The van der Waals surface area contributed by atoms with E-state index in [1.165, 1.54) is 5.56 Å². The number of methoxy groups -OCH3 is 1. The first kappa shape index (κ1) is 16.3. The summed E-state index contributed by atoms with van der Waals surface area (Å²) < 4.78 is 5.31. The van der Waals surface area contributed by atoms with Crippen LogP contribution < -0.4 is 10.1 Å². The Hall–Kier alpha value is -2.20. The molecule has 2 aromatic carbocycles. The fraction of sp³-hybridized carbons (Fsp3) is 0.350. The number of halogens is 1. The van der Waals surface area contributed by atoms with Crippen LogP contribution in [-0.2, 0) is 6.42 Å². The summed E-state index contributed by atoms with van der Waals surface area (Å²) in [5.41, 5.74) is 4.61. The Balaban J connectivity index is 1.72. The van der Waals surface area contributed by atoms with Gasteiger partial charge in [0.05, 0.1) is 18.2 Å². The molecule has 2 aromatic rings. The lowest BCUT2D eigenvalue weighted by Gasteiger charge is -2.34. The van der Waals surface area contributed by atoms with E-state index in [9.17, 15) is 9.90 Å². The molecule has 0 saturated heterocycles. The van der Waals surface area contributed by atoms with Gasteiger partial charge in [0.25, 0.3) is 0 Å². The second kappa shape index (κ2) is 5.95. The quantitative estimate of drug-likeness (QED) is 0.808. The topological polar surface area (TPSA) is 58.6 Å². The first-order valence-electron chi connectivity index (χ1n) is 8.49. The van der Waals surface area contributed by atoms with Gasteiger partial charge in [-0.2, -0.15) is 0 Å². The summed E-state index contributed by atoms with van der Waals surface area (Å²) in [5, 5.41) is 12.6. The maximum absolute atomic E-state index is 11.2. The standard InChI is InChI=1S/C20H20ClNO3/c1-25-17-11-13(3-5-16(17)21)12-2-4-15-14(10-12)6-7-20(8-9-20)18(15)22-19(23)24/h2-5,10-11,18,22H,6-9H2,1H3,(H,23,24). The fourth-order valence-corrected chi connectivity index (χ4v) is 4.23. The van der Waals surface area contributed by atoms with Crippen molar-refractivity contribution in [2.75, 3.05) is 7.11 Å². The second-order valence-corrected chi connectivity index (χ2v) is 7.41. The molecule has 0 aliphatic heterocycles. The van der Waals surface area contributed by atoms with Crippen molar-refractivity contribution in [2.24, 2.45) is 5.41 Å². The molecule has 130 valence electrons. The van der Waals surface area contributed by atoms with E-state index in [4.69, 9.17) is 16.3 Å². The number of hydrogen-bond acceptors (Lipinski definition) is 2. The zero-order chi connectivity index (χ0) is 17.6. The molecule has 0 heterocycles. The van der Waals surface area contributed by atoms with Gasteiger partial charge in [0.1, 0.15) is 5.75 Å². The summed E-state index contributed by atoms with van der Waals surface area (Å²) in [6.07, 6.45) is 3.29. The molecular formula is C20H20ClNO3. The Morgan fingerprint density at radius 1 is 1.20 bits per heavy atom. The molecule has 1 saturated carbocycles. The van der Waals surface area contributed by atoms with Crippen molar-refractivity contribution in [3.8, 4) is 16.9 Å². The summed E-state index contributed by atoms with van der Waals surface area (Å²) in [5.74, 6) is 0.652. The fourth-order valence-electron chi connectivity index (χ4n) is 4.03. The molecule has 1 unspecified atom stereocenters. The van der Waals surface area contributed by atoms with Gasteiger partial charge in [-0.05, 0) is 65.5 Å². The molecule has 1 fully saturated rings. The number of hydrogen-bond donors (Lipinski definition) is 2. The number of nitrogens with one attached hydrogen (secondary N) is 1. The lowest BCUT2D eigenvalue weighted by atomic mass is 9.76. The third-order valence-electron chi connectivity index (χ3n) is 5.60. The molecule has 2 N–H and O–H groups in total. The van der Waals surface area contributed by atoms with Gasteiger partial charge in [-0.25, -0.2) is 4.79 Å². The number of carboxylic acid groups (broad SMARTS) is 1. The highest BCUT2D eigenvalue weighted by Gasteiger charge is 2.52. The monoisotopic (exact) mass is 357 g/mol. The number of aryl methyl sites for hydroxylation is 1. The van der Waals surface area contributed by atoms with E-state index in [1.54, 1.807) is 7.11 Å². The van der Waals surface area contributed by atoms with E-state index in [-0.39, 0.29) is 11.5 Å². The Labute approximate surface area is 151 Å². The Morgan fingerprint density at radius 2 is 1.92 bits per heavy atom. The summed E-state index contributed by atoms with van der Waals surface area (Å²) in [7, 11) is 1.61. The smallest absolute Gasteiger partial charge is 0.405 e. The van der Waals surface area contributed by atoms with Crippen molar-refractivity contribution in [2.45, 2.75) is 31.7 Å². The van der Waals surface area contributed by atoms with Crippen LogP contribution in [0.1, 0.15) is 36.4 Å². The predicted octanol–water partition coefficient (Wildman–Crippen LogP) is 5.05. The van der Waals surface area contributed by atoms with Crippen LogP contribution in [0.4, 0.5) is 4.79 Å². The van der Waals surface area contributed by atoms with E-state index >= 15 is 0 Å². The van der Waals surface area contributed by atoms with Gasteiger partial charge in [0.2, 0.25) is 0 Å². The minimum atomic E-state index is -0.948. The summed E-state index contributed by atoms with van der Waals surface area (Å²) in [6.45, 7) is 0. The Morgan fingerprint density at radius 3 is 2.60 bits per heavy atom. The average Bonchev–Trinajstić information content (AvgIpc) is 3.38. The summed E-state index contributed by atoms with van der Waals surface area (Å²) in [4.78, 5) is 11.2. The maximum atomic E-state index is 11.2. The highest BCUT2D eigenvalue weighted by atomic mass is 35.5. The van der Waals surface area contributed by atoms with E-state index < -0.39 is 6.09 Å². The van der Waals surface area contributed by atoms with E-state index in [1.807, 2.05) is 18.2 Å². The molecule has 2 aliphatic carbocycles.